The second-order valence-electron chi connectivity index (χ2n) is 4.68. The number of fused-ring (bicyclic) bond motifs is 1. The number of benzene rings is 1. The number of rotatable bonds is 8. The van der Waals surface area contributed by atoms with Gasteiger partial charge in [-0.25, -0.2) is 0 Å². The van der Waals surface area contributed by atoms with Crippen molar-refractivity contribution in [1.82, 2.24) is 4.90 Å². The molecule has 0 spiro atoms. The minimum atomic E-state index is 0.196. The van der Waals surface area contributed by atoms with Crippen molar-refractivity contribution in [3.05, 3.63) is 36.1 Å². The third kappa shape index (κ3) is 4.35. The van der Waals surface area contributed by atoms with E-state index in [1.165, 1.54) is 5.56 Å². The van der Waals surface area contributed by atoms with Gasteiger partial charge < -0.3 is 19.2 Å². The van der Waals surface area contributed by atoms with E-state index in [4.69, 9.17) is 14.3 Å². The molecule has 19 heavy (non-hydrogen) atoms. The fourth-order valence-electron chi connectivity index (χ4n) is 1.97. The molecule has 1 aromatic carbocycles. The molecule has 1 heterocycles. The van der Waals surface area contributed by atoms with E-state index in [1.807, 2.05) is 19.2 Å². The first-order valence-electron chi connectivity index (χ1n) is 6.63. The highest BCUT2D eigenvalue weighted by Crippen LogP contribution is 2.17. The monoisotopic (exact) mass is 263 g/mol. The van der Waals surface area contributed by atoms with Gasteiger partial charge in [-0.15, -0.1) is 0 Å². The Hall–Kier alpha value is -1.36. The van der Waals surface area contributed by atoms with Crippen molar-refractivity contribution < 1.29 is 14.3 Å². The fraction of sp³-hybridized carbons (Fsp3) is 0.467. The van der Waals surface area contributed by atoms with Crippen molar-refractivity contribution in [2.24, 2.45) is 0 Å². The second-order valence-corrected chi connectivity index (χ2v) is 4.68. The molecular formula is C15H21NO3. The van der Waals surface area contributed by atoms with E-state index in [2.05, 4.69) is 17.0 Å². The Morgan fingerprint density at radius 2 is 2.11 bits per heavy atom. The van der Waals surface area contributed by atoms with Crippen LogP contribution in [0.2, 0.25) is 0 Å². The van der Waals surface area contributed by atoms with E-state index in [9.17, 15) is 0 Å². The molecule has 0 saturated carbocycles. The van der Waals surface area contributed by atoms with Crippen molar-refractivity contribution in [2.75, 3.05) is 40.0 Å². The zero-order chi connectivity index (χ0) is 13.5. The summed E-state index contributed by atoms with van der Waals surface area (Å²) in [6.07, 6.45) is 2.62. The Balaban J connectivity index is 1.68. The van der Waals surface area contributed by atoms with Gasteiger partial charge in [-0.3, -0.25) is 0 Å². The largest absolute Gasteiger partial charge is 0.464 e. The lowest BCUT2D eigenvalue weighted by atomic mass is 10.1. The molecule has 2 rings (SSSR count). The SMILES string of the molecule is CN(CCO)CCOCCc1ccc2occc2c1. The summed E-state index contributed by atoms with van der Waals surface area (Å²) in [5.41, 5.74) is 2.19. The topological polar surface area (TPSA) is 45.8 Å². The smallest absolute Gasteiger partial charge is 0.133 e. The van der Waals surface area contributed by atoms with Crippen molar-refractivity contribution in [3.8, 4) is 0 Å². The van der Waals surface area contributed by atoms with Crippen LogP contribution in [0.1, 0.15) is 5.56 Å². The maximum Gasteiger partial charge on any atom is 0.133 e. The lowest BCUT2D eigenvalue weighted by Crippen LogP contribution is -2.26. The van der Waals surface area contributed by atoms with Gasteiger partial charge in [-0.2, -0.15) is 0 Å². The summed E-state index contributed by atoms with van der Waals surface area (Å²) in [5.74, 6) is 0. The molecule has 4 nitrogen and oxygen atoms in total. The third-order valence-electron chi connectivity index (χ3n) is 3.15. The molecule has 0 atom stereocenters. The molecule has 4 heteroatoms. The van der Waals surface area contributed by atoms with Crippen LogP contribution in [0.15, 0.2) is 34.9 Å². The van der Waals surface area contributed by atoms with Gasteiger partial charge in [-0.1, -0.05) is 6.07 Å². The first kappa shape index (κ1) is 14.1. The Bertz CT molecular complexity index is 495. The maximum absolute atomic E-state index is 8.77. The van der Waals surface area contributed by atoms with Crippen molar-refractivity contribution in [3.63, 3.8) is 0 Å². The quantitative estimate of drug-likeness (QED) is 0.739. The molecule has 0 amide bonds. The zero-order valence-corrected chi connectivity index (χ0v) is 11.3. The molecule has 0 aliphatic carbocycles. The Morgan fingerprint density at radius 1 is 1.21 bits per heavy atom. The van der Waals surface area contributed by atoms with Crippen LogP contribution in [0, 0.1) is 0 Å². The number of nitrogens with zero attached hydrogens (tertiary/aromatic N) is 1. The minimum absolute atomic E-state index is 0.196. The molecule has 1 N–H and O–H groups in total. The summed E-state index contributed by atoms with van der Waals surface area (Å²) in [5, 5.41) is 9.91. The normalized spacial score (nSPS) is 11.5. The summed E-state index contributed by atoms with van der Waals surface area (Å²) in [4.78, 5) is 2.05. The average molecular weight is 263 g/mol. The Kier molecular flexibility index (Phi) is 5.39. The number of hydrogen-bond donors (Lipinski definition) is 1. The first-order valence-corrected chi connectivity index (χ1v) is 6.63. The lowest BCUT2D eigenvalue weighted by molar-refractivity contribution is 0.107. The number of aliphatic hydroxyl groups excluding tert-OH is 1. The molecule has 104 valence electrons. The zero-order valence-electron chi connectivity index (χ0n) is 11.3. The molecule has 1 aromatic heterocycles. The predicted octanol–water partition coefficient (Wildman–Crippen LogP) is 1.92. The number of aliphatic hydroxyl groups is 1. The number of hydrogen-bond acceptors (Lipinski definition) is 4. The van der Waals surface area contributed by atoms with Crippen molar-refractivity contribution in [1.29, 1.82) is 0 Å². The lowest BCUT2D eigenvalue weighted by Gasteiger charge is -2.14. The van der Waals surface area contributed by atoms with Gasteiger partial charge in [0.2, 0.25) is 0 Å². The average Bonchev–Trinajstić information content (AvgIpc) is 2.86. The molecule has 0 fully saturated rings. The molecule has 0 aliphatic heterocycles. The third-order valence-corrected chi connectivity index (χ3v) is 3.15. The maximum atomic E-state index is 8.77. The molecular weight excluding hydrogens is 242 g/mol. The van der Waals surface area contributed by atoms with E-state index >= 15 is 0 Å². The standard InChI is InChI=1S/C15H21NO3/c1-16(6-8-17)7-11-18-9-4-13-2-3-15-14(12-13)5-10-19-15/h2-3,5,10,12,17H,4,6-9,11H2,1H3. The molecule has 0 aliphatic rings. The first-order chi connectivity index (χ1) is 9.29. The van der Waals surface area contributed by atoms with E-state index in [0.29, 0.717) is 13.2 Å². The van der Waals surface area contributed by atoms with Crippen molar-refractivity contribution in [2.45, 2.75) is 6.42 Å². The molecule has 0 unspecified atom stereocenters. The van der Waals surface area contributed by atoms with Crippen LogP contribution in [0.3, 0.4) is 0 Å². The molecule has 0 radical (unpaired) electrons. The molecule has 0 bridgehead atoms. The number of likely N-dealkylation sites (N-methyl/N-ethyl adjacent to an activating group) is 1. The van der Waals surface area contributed by atoms with Crippen LogP contribution in [0.25, 0.3) is 11.0 Å². The fourth-order valence-corrected chi connectivity index (χ4v) is 1.97. The molecule has 0 saturated heterocycles. The van der Waals surface area contributed by atoms with E-state index in [-0.39, 0.29) is 6.61 Å². The number of furan rings is 1. The van der Waals surface area contributed by atoms with Gasteiger partial charge in [0.25, 0.3) is 0 Å². The van der Waals surface area contributed by atoms with Gasteiger partial charge in [0.05, 0.1) is 26.1 Å². The number of ether oxygens (including phenoxy) is 1. The van der Waals surface area contributed by atoms with Gasteiger partial charge in [0, 0.05) is 18.5 Å². The second kappa shape index (κ2) is 7.28. The van der Waals surface area contributed by atoms with Crippen LogP contribution in [-0.4, -0.2) is 50.0 Å². The van der Waals surface area contributed by atoms with Crippen LogP contribution in [0.5, 0.6) is 0 Å². The predicted molar refractivity (Wildman–Crippen MR) is 75.3 cm³/mol. The van der Waals surface area contributed by atoms with Gasteiger partial charge >= 0.3 is 0 Å². The van der Waals surface area contributed by atoms with Gasteiger partial charge in [0.1, 0.15) is 5.58 Å². The summed E-state index contributed by atoms with van der Waals surface area (Å²) < 4.78 is 10.9. The van der Waals surface area contributed by atoms with E-state index < -0.39 is 0 Å². The van der Waals surface area contributed by atoms with Crippen LogP contribution in [-0.2, 0) is 11.2 Å². The van der Waals surface area contributed by atoms with Crippen molar-refractivity contribution >= 4 is 11.0 Å². The van der Waals surface area contributed by atoms with E-state index in [1.54, 1.807) is 6.26 Å². The summed E-state index contributed by atoms with van der Waals surface area (Å²) in [6.45, 7) is 3.16. The van der Waals surface area contributed by atoms with E-state index in [0.717, 1.165) is 30.5 Å². The minimum Gasteiger partial charge on any atom is -0.464 e. The van der Waals surface area contributed by atoms with Gasteiger partial charge in [-0.05, 0) is 37.2 Å². The molecule has 2 aromatic rings. The van der Waals surface area contributed by atoms with Crippen LogP contribution >= 0.6 is 0 Å². The summed E-state index contributed by atoms with van der Waals surface area (Å²) in [6, 6.07) is 8.19. The Labute approximate surface area is 113 Å². The highest BCUT2D eigenvalue weighted by Gasteiger charge is 2.00. The van der Waals surface area contributed by atoms with Gasteiger partial charge in [0.15, 0.2) is 0 Å². The summed E-state index contributed by atoms with van der Waals surface area (Å²) >= 11 is 0. The summed E-state index contributed by atoms with van der Waals surface area (Å²) in [7, 11) is 1.98. The van der Waals surface area contributed by atoms with Crippen LogP contribution < -0.4 is 0 Å². The highest BCUT2D eigenvalue weighted by molar-refractivity contribution is 5.77. The Morgan fingerprint density at radius 3 is 2.95 bits per heavy atom. The highest BCUT2D eigenvalue weighted by atomic mass is 16.5. The van der Waals surface area contributed by atoms with Crippen LogP contribution in [0.4, 0.5) is 0 Å².